The summed E-state index contributed by atoms with van der Waals surface area (Å²) in [7, 11) is -2.13. The fraction of sp³-hybridized carbons (Fsp3) is 0.591. The van der Waals surface area contributed by atoms with Crippen molar-refractivity contribution in [3.05, 3.63) is 35.9 Å². The molecule has 1 fully saturated rings. The van der Waals surface area contributed by atoms with Crippen LogP contribution >= 0.6 is 0 Å². The predicted molar refractivity (Wildman–Crippen MR) is 112 cm³/mol. The Bertz CT molecular complexity index is 741. The maximum atomic E-state index is 13.2. The summed E-state index contributed by atoms with van der Waals surface area (Å²) in [6.07, 6.45) is -0.0342. The molecule has 1 aliphatic rings. The molecule has 7 heteroatoms. The van der Waals surface area contributed by atoms with Crippen LogP contribution in [0.1, 0.15) is 38.7 Å². The first-order valence-electron chi connectivity index (χ1n) is 10.1. The van der Waals surface area contributed by atoms with Gasteiger partial charge in [-0.3, -0.25) is 14.4 Å². The first kappa shape index (κ1) is 23.3. The summed E-state index contributed by atoms with van der Waals surface area (Å²) in [6.45, 7) is 11.6. The van der Waals surface area contributed by atoms with E-state index in [-0.39, 0.29) is 25.4 Å². The summed E-state index contributed by atoms with van der Waals surface area (Å²) >= 11 is 0. The zero-order valence-corrected chi connectivity index (χ0v) is 19.2. The molecule has 0 radical (unpaired) electrons. The van der Waals surface area contributed by atoms with Crippen molar-refractivity contribution in [1.29, 1.82) is 0 Å². The Kier molecular flexibility index (Phi) is 7.40. The smallest absolute Gasteiger partial charge is 0.317 e. The molecule has 2 rings (SSSR count). The maximum absolute atomic E-state index is 13.2. The third kappa shape index (κ3) is 5.33. The van der Waals surface area contributed by atoms with Gasteiger partial charge in [-0.25, -0.2) is 0 Å². The van der Waals surface area contributed by atoms with Crippen LogP contribution in [0, 0.1) is 11.8 Å². The molecule has 0 saturated heterocycles. The molecule has 0 spiro atoms. The van der Waals surface area contributed by atoms with Crippen LogP contribution in [0.2, 0.25) is 19.6 Å². The number of rotatable bonds is 7. The van der Waals surface area contributed by atoms with Gasteiger partial charge in [0.1, 0.15) is 5.92 Å². The fourth-order valence-electron chi connectivity index (χ4n) is 4.34. The molecule has 4 unspecified atom stereocenters. The molecule has 0 heterocycles. The van der Waals surface area contributed by atoms with Crippen molar-refractivity contribution in [2.45, 2.75) is 58.4 Å². The van der Waals surface area contributed by atoms with Gasteiger partial charge in [0.25, 0.3) is 0 Å². The Balaban J connectivity index is 2.66. The van der Waals surface area contributed by atoms with E-state index >= 15 is 0 Å². The van der Waals surface area contributed by atoms with Gasteiger partial charge in [0.05, 0.1) is 24.7 Å². The Morgan fingerprint density at radius 1 is 1.03 bits per heavy atom. The molecule has 0 bridgehead atoms. The zero-order valence-electron chi connectivity index (χ0n) is 18.2. The summed E-state index contributed by atoms with van der Waals surface area (Å²) in [4.78, 5) is 39.2. The predicted octanol–water partition coefficient (Wildman–Crippen LogP) is 3.71. The van der Waals surface area contributed by atoms with Crippen LogP contribution in [0.5, 0.6) is 0 Å². The molecular weight excluding hydrogens is 388 g/mol. The van der Waals surface area contributed by atoms with Crippen molar-refractivity contribution >= 4 is 26.0 Å². The molecule has 1 aliphatic carbocycles. The van der Waals surface area contributed by atoms with E-state index in [2.05, 4.69) is 0 Å². The minimum atomic E-state index is -2.13. The lowest BCUT2D eigenvalue weighted by molar-refractivity contribution is -0.170. The Morgan fingerprint density at radius 3 is 2.10 bits per heavy atom. The lowest BCUT2D eigenvalue weighted by Gasteiger charge is -2.48. The molecule has 0 N–H and O–H groups in total. The van der Waals surface area contributed by atoms with E-state index < -0.39 is 43.6 Å². The second-order valence-corrected chi connectivity index (χ2v) is 13.0. The molecule has 1 saturated carbocycles. The van der Waals surface area contributed by atoms with E-state index in [9.17, 15) is 14.4 Å². The Hall–Kier alpha value is -1.99. The standard InChI is InChI=1S/C22H32O6Si/c1-7-26-20(24)18-16(23)14-22(3,28-29(4,5)6)19(21(25)27-8-2)17(18)15-12-10-9-11-13-15/h9-13,17-19H,7-8,14H2,1-6H3. The third-order valence-corrected chi connectivity index (χ3v) is 6.13. The molecule has 1 aromatic rings. The normalized spacial score (nSPS) is 27.4. The van der Waals surface area contributed by atoms with E-state index in [4.69, 9.17) is 13.9 Å². The highest BCUT2D eigenvalue weighted by molar-refractivity contribution is 6.69. The lowest BCUT2D eigenvalue weighted by Crippen LogP contribution is -2.59. The minimum absolute atomic E-state index is 0.0342. The maximum Gasteiger partial charge on any atom is 0.317 e. The van der Waals surface area contributed by atoms with Crippen LogP contribution in [-0.2, 0) is 28.3 Å². The van der Waals surface area contributed by atoms with E-state index in [1.807, 2.05) is 50.0 Å². The van der Waals surface area contributed by atoms with Gasteiger partial charge in [-0.2, -0.15) is 0 Å². The number of esters is 2. The van der Waals surface area contributed by atoms with Gasteiger partial charge < -0.3 is 13.9 Å². The van der Waals surface area contributed by atoms with Crippen LogP contribution in [0.3, 0.4) is 0 Å². The van der Waals surface area contributed by atoms with Gasteiger partial charge in [-0.1, -0.05) is 30.3 Å². The zero-order chi connectivity index (χ0) is 21.8. The number of ether oxygens (including phenoxy) is 2. The van der Waals surface area contributed by atoms with Crippen molar-refractivity contribution in [1.82, 2.24) is 0 Å². The summed E-state index contributed by atoms with van der Waals surface area (Å²) in [6, 6.07) is 9.17. The topological polar surface area (TPSA) is 78.9 Å². The van der Waals surface area contributed by atoms with E-state index in [0.717, 1.165) is 5.56 Å². The van der Waals surface area contributed by atoms with Crippen LogP contribution in [0.25, 0.3) is 0 Å². The number of hydrogen-bond donors (Lipinski definition) is 0. The number of benzene rings is 1. The number of ketones is 1. The van der Waals surface area contributed by atoms with Gasteiger partial charge >= 0.3 is 11.9 Å². The van der Waals surface area contributed by atoms with Gasteiger partial charge in [-0.15, -0.1) is 0 Å². The SMILES string of the molecule is CCOC(=O)C1C(=O)CC(C)(O[Si](C)(C)C)C(C(=O)OCC)C1c1ccccc1. The Labute approximate surface area is 174 Å². The minimum Gasteiger partial charge on any atom is -0.466 e. The van der Waals surface area contributed by atoms with Crippen LogP contribution in [0.15, 0.2) is 30.3 Å². The summed E-state index contributed by atoms with van der Waals surface area (Å²) in [5.74, 6) is -3.90. The lowest BCUT2D eigenvalue weighted by atomic mass is 9.61. The summed E-state index contributed by atoms with van der Waals surface area (Å²) in [5, 5.41) is 0. The summed E-state index contributed by atoms with van der Waals surface area (Å²) < 4.78 is 17.0. The molecule has 0 aromatic heterocycles. The average Bonchev–Trinajstić information content (AvgIpc) is 2.60. The van der Waals surface area contributed by atoms with Gasteiger partial charge in [-0.05, 0) is 46.0 Å². The third-order valence-electron chi connectivity index (χ3n) is 5.05. The largest absolute Gasteiger partial charge is 0.466 e. The monoisotopic (exact) mass is 420 g/mol. The second kappa shape index (κ2) is 9.22. The second-order valence-electron chi connectivity index (χ2n) is 8.57. The quantitative estimate of drug-likeness (QED) is 0.380. The number of Topliss-reactive ketones (excluding diaryl/α,β-unsaturated/α-hetero) is 1. The van der Waals surface area contributed by atoms with Gasteiger partial charge in [0.15, 0.2) is 14.1 Å². The highest BCUT2D eigenvalue weighted by atomic mass is 28.4. The molecule has 6 nitrogen and oxygen atoms in total. The average molecular weight is 421 g/mol. The van der Waals surface area contributed by atoms with E-state index in [0.29, 0.717) is 0 Å². The molecule has 4 atom stereocenters. The van der Waals surface area contributed by atoms with E-state index in [1.165, 1.54) is 0 Å². The van der Waals surface area contributed by atoms with Crippen molar-refractivity contribution in [2.24, 2.45) is 11.8 Å². The van der Waals surface area contributed by atoms with Crippen LogP contribution < -0.4 is 0 Å². The highest BCUT2D eigenvalue weighted by Gasteiger charge is 2.59. The van der Waals surface area contributed by atoms with Gasteiger partial charge in [0.2, 0.25) is 0 Å². The number of carbonyl (C=O) groups excluding carboxylic acids is 3. The fourth-order valence-corrected chi connectivity index (χ4v) is 5.93. The van der Waals surface area contributed by atoms with Crippen molar-refractivity contribution < 1.29 is 28.3 Å². The molecule has 1 aromatic carbocycles. The Morgan fingerprint density at radius 2 is 1.59 bits per heavy atom. The van der Waals surface area contributed by atoms with Crippen molar-refractivity contribution in [3.63, 3.8) is 0 Å². The van der Waals surface area contributed by atoms with Gasteiger partial charge in [0, 0.05) is 12.3 Å². The molecule has 0 amide bonds. The molecular formula is C22H32O6Si. The number of hydrogen-bond acceptors (Lipinski definition) is 6. The molecule has 0 aliphatic heterocycles. The first-order valence-corrected chi connectivity index (χ1v) is 13.6. The first-order chi connectivity index (χ1) is 13.5. The number of carbonyl (C=O) groups is 3. The summed E-state index contributed by atoms with van der Waals surface area (Å²) in [5.41, 5.74) is -0.334. The van der Waals surface area contributed by atoms with Crippen LogP contribution in [0.4, 0.5) is 0 Å². The molecule has 160 valence electrons. The molecule has 29 heavy (non-hydrogen) atoms. The van der Waals surface area contributed by atoms with E-state index in [1.54, 1.807) is 20.8 Å². The van der Waals surface area contributed by atoms with Crippen molar-refractivity contribution in [3.8, 4) is 0 Å². The van der Waals surface area contributed by atoms with Crippen molar-refractivity contribution in [2.75, 3.05) is 13.2 Å². The highest BCUT2D eigenvalue weighted by Crippen LogP contribution is 2.49. The van der Waals surface area contributed by atoms with Crippen LogP contribution in [-0.4, -0.2) is 44.9 Å².